The molecule has 0 saturated heterocycles. The summed E-state index contributed by atoms with van der Waals surface area (Å²) in [7, 11) is 0. The number of carbonyl (C=O) groups is 1. The number of hydrogen-bond acceptors (Lipinski definition) is 4. The van der Waals surface area contributed by atoms with E-state index in [1.165, 1.54) is 18.2 Å². The summed E-state index contributed by atoms with van der Waals surface area (Å²) in [5.41, 5.74) is 9.21. The third-order valence-corrected chi connectivity index (χ3v) is 4.90. The predicted molar refractivity (Wildman–Crippen MR) is 120 cm³/mol. The van der Waals surface area contributed by atoms with Crippen LogP contribution in [0.15, 0.2) is 59.2 Å². The number of pyridine rings is 1. The highest BCUT2D eigenvalue weighted by molar-refractivity contribution is 5.92. The van der Waals surface area contributed by atoms with Gasteiger partial charge in [0, 0.05) is 23.9 Å². The lowest BCUT2D eigenvalue weighted by atomic mass is 10.1. The van der Waals surface area contributed by atoms with Crippen molar-refractivity contribution in [1.29, 1.82) is 0 Å². The Morgan fingerprint density at radius 1 is 1.32 bits per heavy atom. The molecule has 1 aliphatic rings. The van der Waals surface area contributed by atoms with Gasteiger partial charge in [0.05, 0.1) is 23.6 Å². The molecule has 0 unspecified atom stereocenters. The Morgan fingerprint density at radius 3 is 2.77 bits per heavy atom. The second-order valence-electron chi connectivity index (χ2n) is 7.32. The summed E-state index contributed by atoms with van der Waals surface area (Å²) in [4.78, 5) is 23.3. The average Bonchev–Trinajstić information content (AvgIpc) is 3.13. The van der Waals surface area contributed by atoms with Crippen molar-refractivity contribution in [3.05, 3.63) is 65.9 Å². The molecule has 6 nitrogen and oxygen atoms in total. The van der Waals surface area contributed by atoms with E-state index in [0.717, 1.165) is 42.0 Å². The highest BCUT2D eigenvalue weighted by atomic mass is 19.1. The standard InChI is InChI=1S/C23H25F2N5O/c1-4-6-14(3)27-21-13-30(12-15(21)5-2)23(31)29-22-19(26)9-10-20(28-22)17-8-7-16(24)11-18(17)25/h5,7-11H,2,4,6,12-13,26H2,1,3H3,(H,28,29,31). The zero-order valence-corrected chi connectivity index (χ0v) is 17.6. The van der Waals surface area contributed by atoms with Crippen molar-refractivity contribution in [2.45, 2.75) is 26.7 Å². The summed E-state index contributed by atoms with van der Waals surface area (Å²) >= 11 is 0. The van der Waals surface area contributed by atoms with Gasteiger partial charge in [0.15, 0.2) is 5.82 Å². The van der Waals surface area contributed by atoms with E-state index in [1.54, 1.807) is 11.0 Å². The number of nitrogens with two attached hydrogens (primary N) is 1. The van der Waals surface area contributed by atoms with Crippen LogP contribution in [0.5, 0.6) is 0 Å². The first-order valence-electron chi connectivity index (χ1n) is 9.98. The predicted octanol–water partition coefficient (Wildman–Crippen LogP) is 5.16. The van der Waals surface area contributed by atoms with E-state index in [1.807, 2.05) is 6.92 Å². The third kappa shape index (κ3) is 5.14. The number of halogens is 2. The molecule has 3 N–H and O–H groups in total. The van der Waals surface area contributed by atoms with E-state index in [9.17, 15) is 13.6 Å². The smallest absolute Gasteiger partial charge is 0.323 e. The number of amides is 2. The lowest BCUT2D eigenvalue weighted by Gasteiger charge is -2.18. The van der Waals surface area contributed by atoms with Gasteiger partial charge in [-0.1, -0.05) is 26.0 Å². The molecule has 2 heterocycles. The van der Waals surface area contributed by atoms with E-state index in [-0.39, 0.29) is 22.8 Å². The minimum atomic E-state index is -0.751. The second kappa shape index (κ2) is 9.51. The van der Waals surface area contributed by atoms with E-state index in [0.29, 0.717) is 13.1 Å². The lowest BCUT2D eigenvalue weighted by Crippen LogP contribution is -2.34. The van der Waals surface area contributed by atoms with E-state index in [2.05, 4.69) is 28.8 Å². The van der Waals surface area contributed by atoms with Gasteiger partial charge < -0.3 is 10.6 Å². The van der Waals surface area contributed by atoms with Crippen molar-refractivity contribution in [2.75, 3.05) is 24.1 Å². The fraction of sp³-hybridized carbons (Fsp3) is 0.261. The maximum absolute atomic E-state index is 14.1. The minimum Gasteiger partial charge on any atom is -0.396 e. The number of hydrogen-bond donors (Lipinski definition) is 2. The molecular formula is C23H25F2N5O. The molecule has 0 aliphatic carbocycles. The number of nitrogens with one attached hydrogen (secondary N) is 1. The van der Waals surface area contributed by atoms with Crippen molar-refractivity contribution < 1.29 is 13.6 Å². The van der Waals surface area contributed by atoms with Crippen LogP contribution in [0.4, 0.5) is 25.1 Å². The van der Waals surface area contributed by atoms with Crippen LogP contribution in [0.25, 0.3) is 11.3 Å². The second-order valence-corrected chi connectivity index (χ2v) is 7.32. The van der Waals surface area contributed by atoms with Crippen LogP contribution in [0.3, 0.4) is 0 Å². The van der Waals surface area contributed by atoms with Gasteiger partial charge in [-0.25, -0.2) is 18.6 Å². The molecular weight excluding hydrogens is 400 g/mol. The molecule has 2 amide bonds. The number of benzene rings is 1. The topological polar surface area (TPSA) is 83.6 Å². The minimum absolute atomic E-state index is 0.102. The largest absolute Gasteiger partial charge is 0.396 e. The summed E-state index contributed by atoms with van der Waals surface area (Å²) in [5.74, 6) is -1.33. The highest BCUT2D eigenvalue weighted by Crippen LogP contribution is 2.27. The summed E-state index contributed by atoms with van der Waals surface area (Å²) in [6, 6.07) is 5.83. The number of nitrogens with zero attached hydrogens (tertiary/aromatic N) is 3. The molecule has 1 aliphatic heterocycles. The molecule has 0 radical (unpaired) electrons. The van der Waals surface area contributed by atoms with Crippen LogP contribution in [0.1, 0.15) is 26.7 Å². The first kappa shape index (κ1) is 22.1. The molecule has 0 bridgehead atoms. The number of urea groups is 1. The number of aromatic nitrogens is 1. The first-order chi connectivity index (χ1) is 14.8. The molecule has 3 rings (SSSR count). The van der Waals surface area contributed by atoms with Gasteiger partial charge in [-0.3, -0.25) is 10.3 Å². The third-order valence-electron chi connectivity index (χ3n) is 4.90. The maximum Gasteiger partial charge on any atom is 0.323 e. The van der Waals surface area contributed by atoms with Crippen molar-refractivity contribution in [1.82, 2.24) is 9.88 Å². The van der Waals surface area contributed by atoms with E-state index < -0.39 is 17.7 Å². The van der Waals surface area contributed by atoms with Gasteiger partial charge in [0.1, 0.15) is 11.6 Å². The van der Waals surface area contributed by atoms with Gasteiger partial charge in [-0.2, -0.15) is 0 Å². The van der Waals surface area contributed by atoms with Gasteiger partial charge in [-0.15, -0.1) is 0 Å². The Hall–Kier alpha value is -3.55. The molecule has 8 heteroatoms. The number of aliphatic imine (C=N–C) groups is 1. The van der Waals surface area contributed by atoms with Crippen molar-refractivity contribution >= 4 is 23.2 Å². The molecule has 0 atom stereocenters. The van der Waals surface area contributed by atoms with Crippen molar-refractivity contribution in [3.63, 3.8) is 0 Å². The number of carbonyl (C=O) groups excluding carboxylic acids is 1. The Kier molecular flexibility index (Phi) is 6.79. The zero-order valence-electron chi connectivity index (χ0n) is 17.6. The normalized spacial score (nSPS) is 14.2. The summed E-state index contributed by atoms with van der Waals surface area (Å²) in [6.45, 7) is 8.56. The lowest BCUT2D eigenvalue weighted by molar-refractivity contribution is 0.223. The zero-order chi connectivity index (χ0) is 22.5. The fourth-order valence-corrected chi connectivity index (χ4v) is 3.31. The van der Waals surface area contributed by atoms with Crippen LogP contribution in [-0.2, 0) is 0 Å². The molecule has 0 fully saturated rings. The summed E-state index contributed by atoms with van der Waals surface area (Å²) < 4.78 is 27.3. The van der Waals surface area contributed by atoms with Gasteiger partial charge in [-0.05, 0) is 43.2 Å². The Balaban J connectivity index is 1.78. The van der Waals surface area contributed by atoms with Crippen molar-refractivity contribution in [2.24, 2.45) is 4.99 Å². The SMILES string of the molecule is C=CC1=C(N=C(C)CCC)CN(C(=O)Nc2nc(-c3ccc(F)cc3F)ccc2N)C1. The van der Waals surface area contributed by atoms with Gasteiger partial charge in [0.25, 0.3) is 0 Å². The highest BCUT2D eigenvalue weighted by Gasteiger charge is 2.25. The quantitative estimate of drug-likeness (QED) is 0.627. The molecule has 162 valence electrons. The Morgan fingerprint density at radius 2 is 2.10 bits per heavy atom. The molecule has 1 aromatic carbocycles. The van der Waals surface area contributed by atoms with Crippen LogP contribution in [0.2, 0.25) is 0 Å². The van der Waals surface area contributed by atoms with Crippen LogP contribution < -0.4 is 11.1 Å². The van der Waals surface area contributed by atoms with Gasteiger partial charge >= 0.3 is 6.03 Å². The van der Waals surface area contributed by atoms with Crippen molar-refractivity contribution in [3.8, 4) is 11.3 Å². The molecule has 31 heavy (non-hydrogen) atoms. The Bertz CT molecular complexity index is 1080. The number of rotatable bonds is 6. The maximum atomic E-state index is 14.1. The molecule has 0 spiro atoms. The summed E-state index contributed by atoms with van der Waals surface area (Å²) in [5, 5.41) is 2.68. The van der Waals surface area contributed by atoms with E-state index >= 15 is 0 Å². The van der Waals surface area contributed by atoms with Gasteiger partial charge in [0.2, 0.25) is 0 Å². The Labute approximate surface area is 180 Å². The number of anilines is 2. The van der Waals surface area contributed by atoms with E-state index in [4.69, 9.17) is 5.73 Å². The van der Waals surface area contributed by atoms with Crippen LogP contribution in [-0.4, -0.2) is 34.7 Å². The number of nitrogen functional groups attached to an aromatic ring is 1. The average molecular weight is 425 g/mol. The van der Waals surface area contributed by atoms with Crippen LogP contribution in [0, 0.1) is 11.6 Å². The molecule has 0 saturated carbocycles. The summed E-state index contributed by atoms with van der Waals surface area (Å²) in [6.07, 6.45) is 3.58. The molecule has 1 aromatic heterocycles. The fourth-order valence-electron chi connectivity index (χ4n) is 3.31. The first-order valence-corrected chi connectivity index (χ1v) is 9.98. The van der Waals surface area contributed by atoms with Crippen LogP contribution >= 0.6 is 0 Å². The monoisotopic (exact) mass is 425 g/mol. The molecule has 2 aromatic rings.